The first kappa shape index (κ1) is 16.4. The van der Waals surface area contributed by atoms with Crippen LogP contribution in [-0.2, 0) is 11.3 Å². The van der Waals surface area contributed by atoms with Gasteiger partial charge in [0, 0.05) is 6.20 Å². The number of anilines is 1. The fourth-order valence-corrected chi connectivity index (χ4v) is 1.78. The van der Waals surface area contributed by atoms with Crippen molar-refractivity contribution in [2.45, 2.75) is 19.6 Å². The summed E-state index contributed by atoms with van der Waals surface area (Å²) in [5, 5.41) is 14.9. The second-order valence-corrected chi connectivity index (χ2v) is 4.46. The molecule has 1 amide bonds. The van der Waals surface area contributed by atoms with Gasteiger partial charge in [0.25, 0.3) is 5.91 Å². The number of aryl methyl sites for hydroxylation is 1. The van der Waals surface area contributed by atoms with Crippen molar-refractivity contribution >= 4 is 17.6 Å². The molecule has 1 aromatic heterocycles. The van der Waals surface area contributed by atoms with Crippen LogP contribution >= 0.6 is 0 Å². The number of nitrogens with zero attached hydrogens (tertiary/aromatic N) is 2. The first-order valence-electron chi connectivity index (χ1n) is 6.55. The van der Waals surface area contributed by atoms with Gasteiger partial charge in [-0.15, -0.1) is 0 Å². The molecule has 1 aromatic carbocycles. The summed E-state index contributed by atoms with van der Waals surface area (Å²) in [6.07, 6.45) is 2.50. The van der Waals surface area contributed by atoms with Crippen molar-refractivity contribution < 1.29 is 28.2 Å². The van der Waals surface area contributed by atoms with Crippen molar-refractivity contribution in [3.05, 3.63) is 42.2 Å². The standard InChI is InChI=1S/C14H13F2N3O4/c15-14(16)23-11-4-2-1-3-10(11)18-13(22)9-7-17-19(8-9)6-5-12(20)21/h1-4,7-8,14H,5-6H2,(H,18,22)(H,20,21). The van der Waals surface area contributed by atoms with Crippen LogP contribution in [0.25, 0.3) is 0 Å². The molecule has 0 aliphatic rings. The molecule has 7 nitrogen and oxygen atoms in total. The summed E-state index contributed by atoms with van der Waals surface area (Å²) in [6.45, 7) is -2.89. The number of nitrogens with one attached hydrogen (secondary N) is 1. The largest absolute Gasteiger partial charge is 0.481 e. The molecule has 0 radical (unpaired) electrons. The average molecular weight is 325 g/mol. The van der Waals surface area contributed by atoms with Crippen LogP contribution in [0.5, 0.6) is 5.75 Å². The van der Waals surface area contributed by atoms with Gasteiger partial charge in [-0.3, -0.25) is 14.3 Å². The molecule has 2 rings (SSSR count). The van der Waals surface area contributed by atoms with E-state index in [1.165, 1.54) is 35.3 Å². The number of rotatable bonds is 7. The summed E-state index contributed by atoms with van der Waals surface area (Å²) in [4.78, 5) is 22.6. The molecule has 122 valence electrons. The Bertz CT molecular complexity index is 703. The van der Waals surface area contributed by atoms with Crippen LogP contribution in [0.4, 0.5) is 14.5 Å². The van der Waals surface area contributed by atoms with E-state index in [1.54, 1.807) is 6.07 Å². The molecule has 0 fully saturated rings. The smallest absolute Gasteiger partial charge is 0.387 e. The van der Waals surface area contributed by atoms with Crippen molar-refractivity contribution in [3.63, 3.8) is 0 Å². The molecule has 0 aliphatic heterocycles. The second kappa shape index (κ2) is 7.34. The number of aromatic nitrogens is 2. The number of amides is 1. The number of benzene rings is 1. The monoisotopic (exact) mass is 325 g/mol. The number of carboxylic acids is 1. The molecule has 2 N–H and O–H groups in total. The predicted molar refractivity (Wildman–Crippen MR) is 75.5 cm³/mol. The SMILES string of the molecule is O=C(O)CCn1cc(C(=O)Nc2ccccc2OC(F)F)cn1. The zero-order valence-electron chi connectivity index (χ0n) is 11.8. The maximum atomic E-state index is 12.3. The van der Waals surface area contributed by atoms with Crippen LogP contribution in [0.3, 0.4) is 0 Å². The molecule has 0 bridgehead atoms. The van der Waals surface area contributed by atoms with Crippen LogP contribution in [0.1, 0.15) is 16.8 Å². The zero-order valence-corrected chi connectivity index (χ0v) is 11.8. The highest BCUT2D eigenvalue weighted by molar-refractivity contribution is 6.04. The maximum Gasteiger partial charge on any atom is 0.387 e. The van der Waals surface area contributed by atoms with Crippen molar-refractivity contribution in [1.29, 1.82) is 0 Å². The summed E-state index contributed by atoms with van der Waals surface area (Å²) in [5.41, 5.74) is 0.262. The van der Waals surface area contributed by atoms with Gasteiger partial charge in [-0.1, -0.05) is 12.1 Å². The molecule has 23 heavy (non-hydrogen) atoms. The molecule has 0 aliphatic carbocycles. The Kier molecular flexibility index (Phi) is 5.23. The lowest BCUT2D eigenvalue weighted by molar-refractivity contribution is -0.137. The third kappa shape index (κ3) is 4.77. The Morgan fingerprint density at radius 2 is 2.09 bits per heavy atom. The Morgan fingerprint density at radius 3 is 2.78 bits per heavy atom. The highest BCUT2D eigenvalue weighted by Gasteiger charge is 2.14. The van der Waals surface area contributed by atoms with Crippen molar-refractivity contribution in [3.8, 4) is 5.75 Å². The summed E-state index contributed by atoms with van der Waals surface area (Å²) in [7, 11) is 0. The quantitative estimate of drug-likeness (QED) is 0.814. The van der Waals surface area contributed by atoms with E-state index in [0.29, 0.717) is 0 Å². The molecule has 2 aromatic rings. The highest BCUT2D eigenvalue weighted by Crippen LogP contribution is 2.25. The molecular weight excluding hydrogens is 312 g/mol. The Morgan fingerprint density at radius 1 is 1.35 bits per heavy atom. The second-order valence-electron chi connectivity index (χ2n) is 4.46. The van der Waals surface area contributed by atoms with Gasteiger partial charge in [0.1, 0.15) is 5.75 Å². The van der Waals surface area contributed by atoms with E-state index in [9.17, 15) is 18.4 Å². The van der Waals surface area contributed by atoms with Gasteiger partial charge in [-0.05, 0) is 12.1 Å². The first-order chi connectivity index (χ1) is 11.0. The van der Waals surface area contributed by atoms with E-state index in [-0.39, 0.29) is 30.0 Å². The van der Waals surface area contributed by atoms with Crippen molar-refractivity contribution in [2.24, 2.45) is 0 Å². The van der Waals surface area contributed by atoms with Gasteiger partial charge in [-0.2, -0.15) is 13.9 Å². The molecule has 0 unspecified atom stereocenters. The number of alkyl halides is 2. The number of para-hydroxylation sites is 2. The van der Waals surface area contributed by atoms with Crippen LogP contribution < -0.4 is 10.1 Å². The van der Waals surface area contributed by atoms with Gasteiger partial charge in [-0.25, -0.2) is 0 Å². The fraction of sp³-hybridized carbons (Fsp3) is 0.214. The van der Waals surface area contributed by atoms with Gasteiger partial charge < -0.3 is 15.2 Å². The van der Waals surface area contributed by atoms with E-state index in [2.05, 4.69) is 15.2 Å². The predicted octanol–water partition coefficient (Wildman–Crippen LogP) is 2.21. The minimum Gasteiger partial charge on any atom is -0.481 e. The minimum absolute atomic E-state index is 0.0936. The number of carboxylic acid groups (broad SMARTS) is 1. The highest BCUT2D eigenvalue weighted by atomic mass is 19.3. The van der Waals surface area contributed by atoms with Gasteiger partial charge in [0.05, 0.1) is 30.4 Å². The first-order valence-corrected chi connectivity index (χ1v) is 6.55. The fourth-order valence-electron chi connectivity index (χ4n) is 1.78. The number of hydrogen-bond donors (Lipinski definition) is 2. The Balaban J connectivity index is 2.06. The molecular formula is C14H13F2N3O4. The number of carbonyl (C=O) groups excluding carboxylic acids is 1. The average Bonchev–Trinajstić information content (AvgIpc) is 2.95. The summed E-state index contributed by atoms with van der Waals surface area (Å²) in [6, 6.07) is 5.78. The summed E-state index contributed by atoms with van der Waals surface area (Å²) < 4.78 is 30.3. The van der Waals surface area contributed by atoms with Crippen LogP contribution in [0.2, 0.25) is 0 Å². The maximum absolute atomic E-state index is 12.3. The van der Waals surface area contributed by atoms with Crippen LogP contribution in [0.15, 0.2) is 36.7 Å². The van der Waals surface area contributed by atoms with E-state index in [0.717, 1.165) is 0 Å². The third-order valence-electron chi connectivity index (χ3n) is 2.80. The van der Waals surface area contributed by atoms with Gasteiger partial charge >= 0.3 is 12.6 Å². The van der Waals surface area contributed by atoms with E-state index in [1.807, 2.05) is 0 Å². The molecule has 0 atom stereocenters. The van der Waals surface area contributed by atoms with E-state index >= 15 is 0 Å². The number of aliphatic carboxylic acids is 1. The number of ether oxygens (including phenoxy) is 1. The molecule has 0 spiro atoms. The van der Waals surface area contributed by atoms with Gasteiger partial charge in [0.15, 0.2) is 0 Å². The lowest BCUT2D eigenvalue weighted by atomic mass is 10.2. The van der Waals surface area contributed by atoms with Crippen LogP contribution in [0, 0.1) is 0 Å². The van der Waals surface area contributed by atoms with Crippen molar-refractivity contribution in [2.75, 3.05) is 5.32 Å². The topological polar surface area (TPSA) is 93.5 Å². The molecule has 0 saturated carbocycles. The molecule has 1 heterocycles. The minimum atomic E-state index is -3.01. The normalized spacial score (nSPS) is 10.6. The van der Waals surface area contributed by atoms with Gasteiger partial charge in [0.2, 0.25) is 0 Å². The number of hydrogen-bond acceptors (Lipinski definition) is 4. The summed E-state index contributed by atoms with van der Waals surface area (Å²) >= 11 is 0. The Hall–Kier alpha value is -2.97. The Labute approximate surface area is 129 Å². The lowest BCUT2D eigenvalue weighted by Crippen LogP contribution is -2.13. The summed E-state index contributed by atoms with van der Waals surface area (Å²) in [5.74, 6) is -1.71. The zero-order chi connectivity index (χ0) is 16.8. The van der Waals surface area contributed by atoms with E-state index < -0.39 is 18.5 Å². The van der Waals surface area contributed by atoms with Crippen molar-refractivity contribution in [1.82, 2.24) is 9.78 Å². The van der Waals surface area contributed by atoms with Crippen LogP contribution in [-0.4, -0.2) is 33.4 Å². The van der Waals surface area contributed by atoms with E-state index in [4.69, 9.17) is 5.11 Å². The number of halogens is 2. The third-order valence-corrected chi connectivity index (χ3v) is 2.80. The molecule has 0 saturated heterocycles. The lowest BCUT2D eigenvalue weighted by Gasteiger charge is -2.10. The molecule has 9 heteroatoms. The number of carbonyl (C=O) groups is 2.